The molecule has 3 rings (SSSR count). The molecular formula is C10H10IN. The fourth-order valence-corrected chi connectivity index (χ4v) is 2.21. The second-order valence-corrected chi connectivity index (χ2v) is 3.42. The molecule has 0 fully saturated rings. The Morgan fingerprint density at radius 1 is 1.33 bits per heavy atom. The molecular weight excluding hydrogens is 261 g/mol. The predicted molar refractivity (Wildman–Crippen MR) is 44.3 cm³/mol. The molecule has 0 aromatic heterocycles. The molecule has 3 aliphatic rings. The number of hydrogen-bond donors (Lipinski definition) is 1. The number of halogens is 1. The summed E-state index contributed by atoms with van der Waals surface area (Å²) in [5, 5.41) is 0. The van der Waals surface area contributed by atoms with E-state index in [1.54, 1.807) is 5.57 Å². The summed E-state index contributed by atoms with van der Waals surface area (Å²) >= 11 is 0. The molecule has 0 amide bonds. The fraction of sp³-hybridized carbons (Fsp3) is 0.300. The van der Waals surface area contributed by atoms with Crippen molar-refractivity contribution in [3.05, 3.63) is 34.4 Å². The normalized spacial score (nSPS) is 28.6. The first kappa shape index (κ1) is 8.23. The summed E-state index contributed by atoms with van der Waals surface area (Å²) in [4.78, 5) is 3.34. The van der Waals surface area contributed by atoms with E-state index < -0.39 is 0 Å². The number of fused-ring (bicyclic) bond motifs is 3. The van der Waals surface area contributed by atoms with Gasteiger partial charge < -0.3 is 24.0 Å². The average Bonchev–Trinajstić information content (AvgIpc) is 2.60. The van der Waals surface area contributed by atoms with Crippen molar-refractivity contribution in [3.8, 4) is 0 Å². The third kappa shape index (κ3) is 0.815. The number of rotatable bonds is 0. The SMILES string of the molecule is CC1[NH+]=CC2=C3C=CC(=C21)C3.[I-]. The van der Waals surface area contributed by atoms with Crippen molar-refractivity contribution in [1.82, 2.24) is 0 Å². The second kappa shape index (κ2) is 2.55. The quantitative estimate of drug-likeness (QED) is 0.455. The van der Waals surface area contributed by atoms with Gasteiger partial charge in [-0.1, -0.05) is 12.2 Å². The molecule has 0 spiro atoms. The van der Waals surface area contributed by atoms with Gasteiger partial charge in [0.25, 0.3) is 0 Å². The lowest BCUT2D eigenvalue weighted by Crippen LogP contribution is -3.00. The Labute approximate surface area is 89.0 Å². The van der Waals surface area contributed by atoms with Crippen molar-refractivity contribution >= 4 is 6.21 Å². The smallest absolute Gasteiger partial charge is 0.174 e. The summed E-state index contributed by atoms with van der Waals surface area (Å²) < 4.78 is 0. The Bertz CT molecular complexity index is 358. The second-order valence-electron chi connectivity index (χ2n) is 3.42. The monoisotopic (exact) mass is 271 g/mol. The third-order valence-corrected chi connectivity index (χ3v) is 2.76. The topological polar surface area (TPSA) is 14.0 Å². The maximum absolute atomic E-state index is 3.34. The number of hydrogen-bond acceptors (Lipinski definition) is 0. The van der Waals surface area contributed by atoms with Crippen LogP contribution < -0.4 is 29.0 Å². The lowest BCUT2D eigenvalue weighted by atomic mass is 10.0. The minimum Gasteiger partial charge on any atom is -1.00 e. The first-order valence-electron chi connectivity index (χ1n) is 4.10. The zero-order valence-corrected chi connectivity index (χ0v) is 9.05. The van der Waals surface area contributed by atoms with Crippen LogP contribution in [0.1, 0.15) is 13.3 Å². The molecule has 0 aromatic rings. The zero-order chi connectivity index (χ0) is 7.42. The fourth-order valence-electron chi connectivity index (χ4n) is 2.21. The van der Waals surface area contributed by atoms with E-state index in [2.05, 4.69) is 30.3 Å². The molecule has 2 aliphatic carbocycles. The van der Waals surface area contributed by atoms with Gasteiger partial charge in [-0.2, -0.15) is 0 Å². The lowest BCUT2D eigenvalue weighted by Gasteiger charge is -2.00. The minimum absolute atomic E-state index is 0. The van der Waals surface area contributed by atoms with Gasteiger partial charge in [0.15, 0.2) is 12.3 Å². The molecule has 1 aliphatic heterocycles. The van der Waals surface area contributed by atoms with Gasteiger partial charge in [0.1, 0.15) is 0 Å². The van der Waals surface area contributed by atoms with Crippen LogP contribution in [0.3, 0.4) is 0 Å². The maximum Gasteiger partial charge on any atom is 0.174 e. The van der Waals surface area contributed by atoms with Crippen molar-refractivity contribution in [2.24, 2.45) is 0 Å². The van der Waals surface area contributed by atoms with Gasteiger partial charge in [-0.25, -0.2) is 4.99 Å². The van der Waals surface area contributed by atoms with Crippen molar-refractivity contribution < 1.29 is 29.0 Å². The summed E-state index contributed by atoms with van der Waals surface area (Å²) in [5.74, 6) is 0. The van der Waals surface area contributed by atoms with Gasteiger partial charge in [0.05, 0.1) is 5.57 Å². The Kier molecular flexibility index (Phi) is 1.75. The Morgan fingerprint density at radius 3 is 2.83 bits per heavy atom. The highest BCUT2D eigenvalue weighted by Crippen LogP contribution is 2.39. The lowest BCUT2D eigenvalue weighted by molar-refractivity contribution is -0.474. The van der Waals surface area contributed by atoms with Gasteiger partial charge in [0, 0.05) is 12.5 Å². The maximum atomic E-state index is 3.34. The van der Waals surface area contributed by atoms with Gasteiger partial charge >= 0.3 is 0 Å². The molecule has 1 atom stereocenters. The molecule has 0 saturated carbocycles. The molecule has 2 bridgehead atoms. The third-order valence-electron chi connectivity index (χ3n) is 2.76. The largest absolute Gasteiger partial charge is 1.00 e. The Hall–Kier alpha value is -0.380. The van der Waals surface area contributed by atoms with E-state index in [0.717, 1.165) is 0 Å². The molecule has 2 heteroatoms. The number of nitrogens with one attached hydrogen (secondary N) is 1. The van der Waals surface area contributed by atoms with E-state index in [4.69, 9.17) is 0 Å². The van der Waals surface area contributed by atoms with Gasteiger partial charge in [0.2, 0.25) is 0 Å². The minimum atomic E-state index is 0. The van der Waals surface area contributed by atoms with Gasteiger partial charge in [-0.15, -0.1) is 0 Å². The molecule has 1 N–H and O–H groups in total. The van der Waals surface area contributed by atoms with Crippen LogP contribution in [0.2, 0.25) is 0 Å². The van der Waals surface area contributed by atoms with E-state index in [9.17, 15) is 0 Å². The molecule has 0 saturated heterocycles. The highest BCUT2D eigenvalue weighted by atomic mass is 127. The van der Waals surface area contributed by atoms with Gasteiger partial charge in [-0.05, 0) is 17.6 Å². The van der Waals surface area contributed by atoms with E-state index in [1.807, 2.05) is 0 Å². The van der Waals surface area contributed by atoms with Crippen molar-refractivity contribution in [3.63, 3.8) is 0 Å². The zero-order valence-electron chi connectivity index (χ0n) is 6.89. The number of allylic oxidation sites excluding steroid dienone is 4. The van der Waals surface area contributed by atoms with Gasteiger partial charge in [-0.3, -0.25) is 0 Å². The predicted octanol–water partition coefficient (Wildman–Crippen LogP) is -2.89. The van der Waals surface area contributed by atoms with Crippen molar-refractivity contribution in [1.29, 1.82) is 0 Å². The summed E-state index contributed by atoms with van der Waals surface area (Å²) in [6.45, 7) is 2.22. The van der Waals surface area contributed by atoms with E-state index in [0.29, 0.717) is 6.04 Å². The molecule has 0 radical (unpaired) electrons. The van der Waals surface area contributed by atoms with Crippen LogP contribution in [-0.4, -0.2) is 12.3 Å². The molecule has 0 aromatic carbocycles. The van der Waals surface area contributed by atoms with Crippen LogP contribution in [-0.2, 0) is 0 Å². The molecule has 62 valence electrons. The Morgan fingerprint density at radius 2 is 2.08 bits per heavy atom. The van der Waals surface area contributed by atoms with Crippen molar-refractivity contribution in [2.45, 2.75) is 19.4 Å². The summed E-state index contributed by atoms with van der Waals surface area (Å²) in [7, 11) is 0. The summed E-state index contributed by atoms with van der Waals surface area (Å²) in [6, 6.07) is 0.544. The van der Waals surface area contributed by atoms with Crippen molar-refractivity contribution in [2.75, 3.05) is 0 Å². The first-order valence-corrected chi connectivity index (χ1v) is 4.10. The van der Waals surface area contributed by atoms with Crippen LogP contribution >= 0.6 is 0 Å². The molecule has 1 unspecified atom stereocenters. The standard InChI is InChI=1S/C10H9N.HI/c1-6-10-8-3-2-7(4-8)9(10)5-11-6;/h2-3,5-6H,4H2,1H3;1H. The van der Waals surface area contributed by atoms with Crippen LogP contribution in [0, 0.1) is 0 Å². The van der Waals surface area contributed by atoms with E-state index in [1.165, 1.54) is 23.1 Å². The summed E-state index contributed by atoms with van der Waals surface area (Å²) in [5.41, 5.74) is 6.05. The highest BCUT2D eigenvalue weighted by Gasteiger charge is 2.34. The van der Waals surface area contributed by atoms with E-state index in [-0.39, 0.29) is 24.0 Å². The van der Waals surface area contributed by atoms with E-state index >= 15 is 0 Å². The van der Waals surface area contributed by atoms with Crippen LogP contribution in [0.25, 0.3) is 0 Å². The first-order chi connectivity index (χ1) is 5.36. The van der Waals surface area contributed by atoms with Crippen LogP contribution in [0.15, 0.2) is 34.4 Å². The molecule has 1 heterocycles. The molecule has 12 heavy (non-hydrogen) atoms. The average molecular weight is 271 g/mol. The summed E-state index contributed by atoms with van der Waals surface area (Å²) in [6.07, 6.45) is 7.84. The van der Waals surface area contributed by atoms with Crippen LogP contribution in [0.4, 0.5) is 0 Å². The highest BCUT2D eigenvalue weighted by molar-refractivity contribution is 5.89. The molecule has 1 nitrogen and oxygen atoms in total. The Balaban J connectivity index is 0.000000563. The van der Waals surface area contributed by atoms with Crippen LogP contribution in [0.5, 0.6) is 0 Å².